The van der Waals surface area contributed by atoms with Gasteiger partial charge in [-0.25, -0.2) is 4.39 Å². The highest BCUT2D eigenvalue weighted by atomic mass is 19.1. The molecule has 1 N–H and O–H groups in total. The molecule has 88 valence electrons. The fourth-order valence-electron chi connectivity index (χ4n) is 1.58. The highest BCUT2D eigenvalue weighted by Gasteiger charge is 2.09. The van der Waals surface area contributed by atoms with E-state index in [4.69, 9.17) is 4.74 Å². The van der Waals surface area contributed by atoms with Crippen LogP contribution in [-0.2, 0) is 0 Å². The largest absolute Gasteiger partial charge is 0.457 e. The van der Waals surface area contributed by atoms with E-state index in [0.29, 0.717) is 17.1 Å². The van der Waals surface area contributed by atoms with Gasteiger partial charge in [0, 0.05) is 11.6 Å². The molecule has 2 aromatic rings. The Balaban J connectivity index is 2.30. The molecule has 0 unspecified atom stereocenters. The highest BCUT2D eigenvalue weighted by Crippen LogP contribution is 2.29. The van der Waals surface area contributed by atoms with Crippen LogP contribution < -0.4 is 4.74 Å². The van der Waals surface area contributed by atoms with Gasteiger partial charge in [0.2, 0.25) is 0 Å². The summed E-state index contributed by atoms with van der Waals surface area (Å²) in [5.74, 6) is 0.600. The topological polar surface area (TPSA) is 29.5 Å². The normalized spacial score (nSPS) is 12.2. The molecule has 3 heteroatoms. The molecule has 2 rings (SSSR count). The minimum Gasteiger partial charge on any atom is -0.457 e. The number of halogens is 1. The first-order valence-corrected chi connectivity index (χ1v) is 5.37. The van der Waals surface area contributed by atoms with Gasteiger partial charge in [0.05, 0.1) is 6.10 Å². The molecular formula is C14H13FO2. The zero-order chi connectivity index (χ0) is 12.3. The second-order valence-electron chi connectivity index (χ2n) is 3.77. The molecule has 2 aromatic carbocycles. The van der Waals surface area contributed by atoms with Crippen LogP contribution in [-0.4, -0.2) is 5.11 Å². The number of aliphatic hydroxyl groups is 1. The Morgan fingerprint density at radius 3 is 2.59 bits per heavy atom. The van der Waals surface area contributed by atoms with E-state index in [1.165, 1.54) is 12.1 Å². The maximum absolute atomic E-state index is 13.0. The van der Waals surface area contributed by atoms with Crippen molar-refractivity contribution < 1.29 is 14.2 Å². The lowest BCUT2D eigenvalue weighted by molar-refractivity contribution is 0.195. The Kier molecular flexibility index (Phi) is 3.40. The minimum absolute atomic E-state index is 0.350. The van der Waals surface area contributed by atoms with Crippen molar-refractivity contribution in [3.8, 4) is 11.5 Å². The van der Waals surface area contributed by atoms with Crippen molar-refractivity contribution in [3.63, 3.8) is 0 Å². The number of ether oxygens (including phenoxy) is 1. The molecule has 0 amide bonds. The maximum atomic E-state index is 13.0. The lowest BCUT2D eigenvalue weighted by Crippen LogP contribution is -1.95. The third kappa shape index (κ3) is 2.82. The summed E-state index contributed by atoms with van der Waals surface area (Å²) in [4.78, 5) is 0. The molecule has 0 aliphatic rings. The number of hydrogen-bond acceptors (Lipinski definition) is 2. The van der Waals surface area contributed by atoms with E-state index < -0.39 is 6.10 Å². The van der Waals surface area contributed by atoms with Gasteiger partial charge < -0.3 is 9.84 Å². The Labute approximate surface area is 99.3 Å². The number of aliphatic hydroxyl groups excluding tert-OH is 1. The molecule has 0 radical (unpaired) electrons. The third-order valence-electron chi connectivity index (χ3n) is 2.39. The van der Waals surface area contributed by atoms with E-state index in [1.54, 1.807) is 37.3 Å². The monoisotopic (exact) mass is 232 g/mol. The summed E-state index contributed by atoms with van der Waals surface area (Å²) in [5, 5.41) is 9.58. The first kappa shape index (κ1) is 11.6. The molecule has 17 heavy (non-hydrogen) atoms. The predicted molar refractivity (Wildman–Crippen MR) is 63.5 cm³/mol. The summed E-state index contributed by atoms with van der Waals surface area (Å²) in [6.45, 7) is 1.66. The third-order valence-corrected chi connectivity index (χ3v) is 2.39. The van der Waals surface area contributed by atoms with E-state index in [-0.39, 0.29) is 5.82 Å². The van der Waals surface area contributed by atoms with Crippen LogP contribution in [0, 0.1) is 5.82 Å². The second-order valence-corrected chi connectivity index (χ2v) is 3.77. The summed E-state index contributed by atoms with van der Waals surface area (Å²) in [6.07, 6.45) is -0.625. The van der Waals surface area contributed by atoms with Gasteiger partial charge in [0.15, 0.2) is 0 Å². The number of para-hydroxylation sites is 1. The zero-order valence-electron chi connectivity index (χ0n) is 9.43. The van der Waals surface area contributed by atoms with Crippen LogP contribution in [0.5, 0.6) is 11.5 Å². The molecule has 0 heterocycles. The Hall–Kier alpha value is -1.87. The van der Waals surface area contributed by atoms with E-state index in [2.05, 4.69) is 0 Å². The molecule has 0 bridgehead atoms. The second kappa shape index (κ2) is 4.97. The van der Waals surface area contributed by atoms with Crippen molar-refractivity contribution >= 4 is 0 Å². The standard InChI is InChI=1S/C14H13FO2/c1-10(16)13-7-2-3-8-14(13)17-12-6-4-5-11(15)9-12/h2-10,16H,1H3/t10-/m0/s1. The summed E-state index contributed by atoms with van der Waals surface area (Å²) in [5.41, 5.74) is 0.678. The smallest absolute Gasteiger partial charge is 0.133 e. The van der Waals surface area contributed by atoms with Crippen LogP contribution >= 0.6 is 0 Å². The average Bonchev–Trinajstić information content (AvgIpc) is 2.29. The first-order chi connectivity index (χ1) is 8.16. The zero-order valence-corrected chi connectivity index (χ0v) is 9.43. The maximum Gasteiger partial charge on any atom is 0.133 e. The molecule has 0 aliphatic carbocycles. The van der Waals surface area contributed by atoms with E-state index in [0.717, 1.165) is 0 Å². The molecule has 1 atom stereocenters. The van der Waals surface area contributed by atoms with Crippen molar-refractivity contribution in [1.82, 2.24) is 0 Å². The van der Waals surface area contributed by atoms with Gasteiger partial charge in [0.1, 0.15) is 17.3 Å². The van der Waals surface area contributed by atoms with Gasteiger partial charge >= 0.3 is 0 Å². The lowest BCUT2D eigenvalue weighted by atomic mass is 10.1. The molecule has 0 saturated carbocycles. The summed E-state index contributed by atoms with van der Waals surface area (Å²) in [7, 11) is 0. The number of rotatable bonds is 3. The van der Waals surface area contributed by atoms with E-state index in [1.807, 2.05) is 6.07 Å². The van der Waals surface area contributed by atoms with Gasteiger partial charge in [-0.15, -0.1) is 0 Å². The average molecular weight is 232 g/mol. The van der Waals surface area contributed by atoms with E-state index in [9.17, 15) is 9.50 Å². The van der Waals surface area contributed by atoms with Gasteiger partial charge in [-0.05, 0) is 25.1 Å². The van der Waals surface area contributed by atoms with Crippen molar-refractivity contribution in [1.29, 1.82) is 0 Å². The molecule has 0 spiro atoms. The Morgan fingerprint density at radius 2 is 1.88 bits per heavy atom. The van der Waals surface area contributed by atoms with Crippen molar-refractivity contribution in [3.05, 3.63) is 59.9 Å². The lowest BCUT2D eigenvalue weighted by Gasteiger charge is -2.12. The molecule has 2 nitrogen and oxygen atoms in total. The molecule has 0 aromatic heterocycles. The summed E-state index contributed by atoms with van der Waals surface area (Å²) in [6, 6.07) is 13.1. The molecule has 0 aliphatic heterocycles. The first-order valence-electron chi connectivity index (χ1n) is 5.37. The summed E-state index contributed by atoms with van der Waals surface area (Å²) >= 11 is 0. The molecule has 0 fully saturated rings. The van der Waals surface area contributed by atoms with Crippen LogP contribution in [0.1, 0.15) is 18.6 Å². The van der Waals surface area contributed by atoms with Crippen LogP contribution in [0.4, 0.5) is 4.39 Å². The van der Waals surface area contributed by atoms with Gasteiger partial charge in [-0.2, -0.15) is 0 Å². The van der Waals surface area contributed by atoms with Gasteiger partial charge in [0.25, 0.3) is 0 Å². The Morgan fingerprint density at radius 1 is 1.12 bits per heavy atom. The predicted octanol–water partition coefficient (Wildman–Crippen LogP) is 3.67. The minimum atomic E-state index is -0.625. The number of hydrogen-bond donors (Lipinski definition) is 1. The van der Waals surface area contributed by atoms with Crippen molar-refractivity contribution in [2.24, 2.45) is 0 Å². The van der Waals surface area contributed by atoms with Crippen molar-refractivity contribution in [2.45, 2.75) is 13.0 Å². The van der Waals surface area contributed by atoms with Crippen molar-refractivity contribution in [2.75, 3.05) is 0 Å². The fraction of sp³-hybridized carbons (Fsp3) is 0.143. The van der Waals surface area contributed by atoms with Crippen LogP contribution in [0.15, 0.2) is 48.5 Å². The van der Waals surface area contributed by atoms with Crippen LogP contribution in [0.25, 0.3) is 0 Å². The van der Waals surface area contributed by atoms with Gasteiger partial charge in [-0.1, -0.05) is 24.3 Å². The molecular weight excluding hydrogens is 219 g/mol. The SMILES string of the molecule is C[C@H](O)c1ccccc1Oc1cccc(F)c1. The number of benzene rings is 2. The van der Waals surface area contributed by atoms with Crippen LogP contribution in [0.3, 0.4) is 0 Å². The molecule has 0 saturated heterocycles. The Bertz CT molecular complexity index is 509. The highest BCUT2D eigenvalue weighted by molar-refractivity contribution is 5.38. The van der Waals surface area contributed by atoms with Crippen LogP contribution in [0.2, 0.25) is 0 Å². The van der Waals surface area contributed by atoms with E-state index >= 15 is 0 Å². The quantitative estimate of drug-likeness (QED) is 0.874. The fourth-order valence-corrected chi connectivity index (χ4v) is 1.58. The summed E-state index contributed by atoms with van der Waals surface area (Å²) < 4.78 is 18.6. The van der Waals surface area contributed by atoms with Gasteiger partial charge in [-0.3, -0.25) is 0 Å².